The van der Waals surface area contributed by atoms with E-state index in [-0.39, 0.29) is 0 Å². The van der Waals surface area contributed by atoms with Crippen molar-refractivity contribution >= 4 is 0 Å². The first-order valence-electron chi connectivity index (χ1n) is 6.87. The molecular formula is C13H26N2O. The van der Waals surface area contributed by atoms with Crippen molar-refractivity contribution in [1.82, 2.24) is 10.2 Å². The summed E-state index contributed by atoms with van der Waals surface area (Å²) in [6.45, 7) is 10.1. The number of likely N-dealkylation sites (tertiary alicyclic amines) is 1. The molecule has 3 heteroatoms. The first kappa shape index (κ1) is 12.3. The summed E-state index contributed by atoms with van der Waals surface area (Å²) < 4.78 is 5.84. The lowest BCUT2D eigenvalue weighted by Crippen LogP contribution is -2.52. The van der Waals surface area contributed by atoms with E-state index in [1.165, 1.54) is 32.4 Å². The summed E-state index contributed by atoms with van der Waals surface area (Å²) in [6.07, 6.45) is 4.50. The van der Waals surface area contributed by atoms with E-state index in [1.54, 1.807) is 0 Å². The highest BCUT2D eigenvalue weighted by molar-refractivity contribution is 4.83. The maximum Gasteiger partial charge on any atom is 0.0852 e. The predicted octanol–water partition coefficient (Wildman–Crippen LogP) is 1.49. The van der Waals surface area contributed by atoms with Gasteiger partial charge in [-0.15, -0.1) is 0 Å². The van der Waals surface area contributed by atoms with Crippen LogP contribution in [-0.4, -0.2) is 49.8 Å². The molecule has 2 saturated heterocycles. The third-order valence-corrected chi connectivity index (χ3v) is 4.30. The van der Waals surface area contributed by atoms with Crippen LogP contribution in [0, 0.1) is 5.92 Å². The van der Waals surface area contributed by atoms with Gasteiger partial charge in [0, 0.05) is 19.1 Å². The Bertz CT molecular complexity index is 196. The Morgan fingerprint density at radius 3 is 2.69 bits per heavy atom. The van der Waals surface area contributed by atoms with Gasteiger partial charge in [0.25, 0.3) is 0 Å². The average molecular weight is 226 g/mol. The molecule has 2 aliphatic rings. The highest BCUT2D eigenvalue weighted by atomic mass is 16.5. The highest BCUT2D eigenvalue weighted by Crippen LogP contribution is 2.23. The van der Waals surface area contributed by atoms with Gasteiger partial charge in [-0.1, -0.05) is 13.3 Å². The molecule has 0 amide bonds. The molecule has 2 atom stereocenters. The Morgan fingerprint density at radius 2 is 2.12 bits per heavy atom. The van der Waals surface area contributed by atoms with Crippen molar-refractivity contribution in [2.75, 3.05) is 32.8 Å². The van der Waals surface area contributed by atoms with Crippen LogP contribution in [0.2, 0.25) is 0 Å². The summed E-state index contributed by atoms with van der Waals surface area (Å²) in [4.78, 5) is 2.61. The molecular weight excluding hydrogens is 200 g/mol. The number of ether oxygens (including phenoxy) is 1. The fourth-order valence-electron chi connectivity index (χ4n) is 2.90. The standard InChI is InChI=1S/C13H26N2O/c1-3-12-4-7-15(8-5-12)11(2)13-10-14-6-9-16-13/h11-14H,3-10H2,1-2H3. The number of piperidine rings is 1. The number of hydrogen-bond donors (Lipinski definition) is 1. The maximum atomic E-state index is 5.84. The number of rotatable bonds is 3. The molecule has 0 bridgehead atoms. The van der Waals surface area contributed by atoms with Crippen molar-refractivity contribution in [3.8, 4) is 0 Å². The number of morpholine rings is 1. The van der Waals surface area contributed by atoms with E-state index in [4.69, 9.17) is 4.74 Å². The topological polar surface area (TPSA) is 24.5 Å². The molecule has 2 heterocycles. The number of nitrogens with one attached hydrogen (secondary N) is 1. The van der Waals surface area contributed by atoms with E-state index in [0.717, 1.165) is 25.6 Å². The van der Waals surface area contributed by atoms with Crippen molar-refractivity contribution in [3.63, 3.8) is 0 Å². The van der Waals surface area contributed by atoms with Crippen LogP contribution in [-0.2, 0) is 4.74 Å². The third-order valence-electron chi connectivity index (χ3n) is 4.30. The Labute approximate surface area is 99.5 Å². The Balaban J connectivity index is 1.78. The van der Waals surface area contributed by atoms with Gasteiger partial charge in [-0.05, 0) is 38.8 Å². The van der Waals surface area contributed by atoms with Crippen LogP contribution in [0.5, 0.6) is 0 Å². The Morgan fingerprint density at radius 1 is 1.38 bits per heavy atom. The Kier molecular flexibility index (Phi) is 4.62. The molecule has 0 aromatic carbocycles. The molecule has 0 radical (unpaired) electrons. The van der Waals surface area contributed by atoms with E-state index in [9.17, 15) is 0 Å². The average Bonchev–Trinajstić information content (AvgIpc) is 2.39. The largest absolute Gasteiger partial charge is 0.374 e. The molecule has 16 heavy (non-hydrogen) atoms. The summed E-state index contributed by atoms with van der Waals surface area (Å²) in [7, 11) is 0. The zero-order valence-corrected chi connectivity index (χ0v) is 10.7. The van der Waals surface area contributed by atoms with Crippen LogP contribution >= 0.6 is 0 Å². The van der Waals surface area contributed by atoms with Crippen molar-refractivity contribution in [2.24, 2.45) is 5.92 Å². The second kappa shape index (κ2) is 5.99. The minimum absolute atomic E-state index is 0.395. The van der Waals surface area contributed by atoms with Gasteiger partial charge in [0.2, 0.25) is 0 Å². The van der Waals surface area contributed by atoms with E-state index in [2.05, 4.69) is 24.1 Å². The van der Waals surface area contributed by atoms with Gasteiger partial charge in [0.15, 0.2) is 0 Å². The van der Waals surface area contributed by atoms with E-state index >= 15 is 0 Å². The molecule has 2 rings (SSSR count). The zero-order valence-electron chi connectivity index (χ0n) is 10.7. The lowest BCUT2D eigenvalue weighted by molar-refractivity contribution is -0.0337. The predicted molar refractivity (Wildman–Crippen MR) is 66.7 cm³/mol. The monoisotopic (exact) mass is 226 g/mol. The quantitative estimate of drug-likeness (QED) is 0.789. The first-order chi connectivity index (χ1) is 7.81. The summed E-state index contributed by atoms with van der Waals surface area (Å²) in [5, 5.41) is 3.42. The molecule has 0 aliphatic carbocycles. The first-order valence-corrected chi connectivity index (χ1v) is 6.87. The minimum Gasteiger partial charge on any atom is -0.374 e. The highest BCUT2D eigenvalue weighted by Gasteiger charge is 2.28. The molecule has 0 aromatic rings. The fourth-order valence-corrected chi connectivity index (χ4v) is 2.90. The lowest BCUT2D eigenvalue weighted by Gasteiger charge is -2.40. The number of nitrogens with zero attached hydrogens (tertiary/aromatic N) is 1. The summed E-state index contributed by atoms with van der Waals surface area (Å²) in [5.41, 5.74) is 0. The van der Waals surface area contributed by atoms with Gasteiger partial charge in [0.05, 0.1) is 12.7 Å². The van der Waals surface area contributed by atoms with Crippen molar-refractivity contribution < 1.29 is 4.74 Å². The Hall–Kier alpha value is -0.120. The lowest BCUT2D eigenvalue weighted by atomic mass is 9.93. The molecule has 94 valence electrons. The van der Waals surface area contributed by atoms with Crippen LogP contribution in [0.15, 0.2) is 0 Å². The van der Waals surface area contributed by atoms with Crippen molar-refractivity contribution in [3.05, 3.63) is 0 Å². The molecule has 3 nitrogen and oxygen atoms in total. The normalized spacial score (nSPS) is 31.5. The van der Waals surface area contributed by atoms with Crippen LogP contribution in [0.4, 0.5) is 0 Å². The molecule has 0 aromatic heterocycles. The second-order valence-electron chi connectivity index (χ2n) is 5.24. The summed E-state index contributed by atoms with van der Waals surface area (Å²) in [5.74, 6) is 0.967. The van der Waals surface area contributed by atoms with Gasteiger partial charge >= 0.3 is 0 Å². The SMILES string of the molecule is CCC1CCN(C(C)C2CNCCO2)CC1. The fraction of sp³-hybridized carbons (Fsp3) is 1.00. The summed E-state index contributed by atoms with van der Waals surface area (Å²) in [6, 6.07) is 0.575. The molecule has 2 unspecified atom stereocenters. The van der Waals surface area contributed by atoms with E-state index in [1.807, 2.05) is 0 Å². The van der Waals surface area contributed by atoms with E-state index < -0.39 is 0 Å². The van der Waals surface area contributed by atoms with Gasteiger partial charge in [0.1, 0.15) is 0 Å². The zero-order chi connectivity index (χ0) is 11.4. The molecule has 1 N–H and O–H groups in total. The van der Waals surface area contributed by atoms with Gasteiger partial charge in [-0.2, -0.15) is 0 Å². The number of hydrogen-bond acceptors (Lipinski definition) is 3. The molecule has 0 saturated carbocycles. The van der Waals surface area contributed by atoms with Crippen LogP contribution in [0.1, 0.15) is 33.1 Å². The van der Waals surface area contributed by atoms with Gasteiger partial charge in [-0.25, -0.2) is 0 Å². The minimum atomic E-state index is 0.395. The molecule has 0 spiro atoms. The second-order valence-corrected chi connectivity index (χ2v) is 5.24. The maximum absolute atomic E-state index is 5.84. The van der Waals surface area contributed by atoms with Gasteiger partial charge in [-0.3, -0.25) is 4.90 Å². The van der Waals surface area contributed by atoms with Crippen LogP contribution in [0.3, 0.4) is 0 Å². The van der Waals surface area contributed by atoms with Crippen molar-refractivity contribution in [1.29, 1.82) is 0 Å². The van der Waals surface area contributed by atoms with Gasteiger partial charge < -0.3 is 10.1 Å². The van der Waals surface area contributed by atoms with Crippen LogP contribution < -0.4 is 5.32 Å². The van der Waals surface area contributed by atoms with E-state index in [0.29, 0.717) is 12.1 Å². The van der Waals surface area contributed by atoms with Crippen molar-refractivity contribution in [2.45, 2.75) is 45.3 Å². The third kappa shape index (κ3) is 2.96. The molecule has 2 fully saturated rings. The van der Waals surface area contributed by atoms with Crippen LogP contribution in [0.25, 0.3) is 0 Å². The smallest absolute Gasteiger partial charge is 0.0852 e. The summed E-state index contributed by atoms with van der Waals surface area (Å²) >= 11 is 0. The molecule has 2 aliphatic heterocycles.